The fraction of sp³-hybridized carbons (Fsp3) is 0.0625. The lowest BCUT2D eigenvalue weighted by molar-refractivity contribution is 0.961. The lowest BCUT2D eigenvalue weighted by Crippen LogP contribution is -2.08. The van der Waals surface area contributed by atoms with Crippen LogP contribution in [0, 0.1) is 6.92 Å². The van der Waals surface area contributed by atoms with Gasteiger partial charge in [0.05, 0.1) is 12.0 Å². The van der Waals surface area contributed by atoms with Crippen LogP contribution in [0.2, 0.25) is 0 Å². The van der Waals surface area contributed by atoms with Crippen molar-refractivity contribution >= 4 is 12.2 Å². The van der Waals surface area contributed by atoms with Gasteiger partial charge in [0.15, 0.2) is 0 Å². The van der Waals surface area contributed by atoms with Crippen LogP contribution in [0.4, 0.5) is 0 Å². The van der Waals surface area contributed by atoms with Gasteiger partial charge < -0.3 is 4.57 Å². The Labute approximate surface area is 121 Å². The molecule has 0 radical (unpaired) electrons. The minimum absolute atomic E-state index is 0.186. The molecule has 5 nitrogen and oxygen atoms in total. The number of aromatic nitrogens is 4. The van der Waals surface area contributed by atoms with Gasteiger partial charge in [-0.25, -0.2) is 10.1 Å². The van der Waals surface area contributed by atoms with Gasteiger partial charge in [-0.15, -0.1) is 0 Å². The number of hydrogen-bond acceptors (Lipinski definition) is 3. The molecule has 5 heteroatoms. The Morgan fingerprint density at radius 1 is 1.19 bits per heavy atom. The summed E-state index contributed by atoms with van der Waals surface area (Å²) < 4.78 is 1.95. The Balaban J connectivity index is 1.82. The van der Waals surface area contributed by atoms with Gasteiger partial charge in [0, 0.05) is 24.1 Å². The van der Waals surface area contributed by atoms with Crippen molar-refractivity contribution in [1.82, 2.24) is 19.7 Å². The lowest BCUT2D eigenvalue weighted by Gasteiger charge is -2.02. The highest BCUT2D eigenvalue weighted by molar-refractivity contribution is 5.69. The molecule has 0 aliphatic carbocycles. The van der Waals surface area contributed by atoms with Crippen LogP contribution in [0.25, 0.3) is 17.8 Å². The average molecular weight is 278 g/mol. The molecule has 21 heavy (non-hydrogen) atoms. The minimum Gasteiger partial charge on any atom is -0.306 e. The van der Waals surface area contributed by atoms with Gasteiger partial charge in [0.1, 0.15) is 0 Å². The lowest BCUT2D eigenvalue weighted by atomic mass is 10.1. The molecule has 0 aliphatic heterocycles. The maximum absolute atomic E-state index is 11.1. The van der Waals surface area contributed by atoms with Crippen molar-refractivity contribution in [3.05, 3.63) is 76.2 Å². The first-order chi connectivity index (χ1) is 10.2. The summed E-state index contributed by atoms with van der Waals surface area (Å²) in [4.78, 5) is 15.1. The van der Waals surface area contributed by atoms with Crippen LogP contribution < -0.4 is 5.56 Å². The molecular formula is C16H14N4O. The van der Waals surface area contributed by atoms with Gasteiger partial charge in [0.2, 0.25) is 0 Å². The Kier molecular flexibility index (Phi) is 3.47. The zero-order chi connectivity index (χ0) is 14.7. The second kappa shape index (κ2) is 5.58. The molecule has 0 saturated heterocycles. The smallest absolute Gasteiger partial charge is 0.264 e. The summed E-state index contributed by atoms with van der Waals surface area (Å²) >= 11 is 0. The standard InChI is InChI=1S/C16H14N4O/c1-12-10-16(21)19-18-15(12)7-4-13-2-5-14(6-3-13)20-9-8-17-11-20/h2-11H,1H3,(H,19,21)/b7-4+. The summed E-state index contributed by atoms with van der Waals surface area (Å²) in [5, 5.41) is 6.45. The summed E-state index contributed by atoms with van der Waals surface area (Å²) in [6.07, 6.45) is 9.26. The first-order valence-electron chi connectivity index (χ1n) is 6.55. The normalized spacial score (nSPS) is 11.1. The molecule has 0 unspecified atom stereocenters. The van der Waals surface area contributed by atoms with Crippen molar-refractivity contribution in [1.29, 1.82) is 0 Å². The van der Waals surface area contributed by atoms with E-state index in [1.807, 2.05) is 54.1 Å². The molecule has 0 bridgehead atoms. The zero-order valence-corrected chi connectivity index (χ0v) is 11.5. The Morgan fingerprint density at radius 3 is 2.67 bits per heavy atom. The monoisotopic (exact) mass is 278 g/mol. The van der Waals surface area contributed by atoms with Crippen LogP contribution in [0.5, 0.6) is 0 Å². The first kappa shape index (κ1) is 13.1. The van der Waals surface area contributed by atoms with Crippen LogP contribution in [0.1, 0.15) is 16.8 Å². The van der Waals surface area contributed by atoms with Crippen LogP contribution in [-0.2, 0) is 0 Å². The predicted molar refractivity (Wildman–Crippen MR) is 82.1 cm³/mol. The summed E-state index contributed by atoms with van der Waals surface area (Å²) in [6, 6.07) is 9.62. The van der Waals surface area contributed by atoms with E-state index in [0.717, 1.165) is 22.5 Å². The number of benzene rings is 1. The fourth-order valence-electron chi connectivity index (χ4n) is 2.02. The third kappa shape index (κ3) is 2.97. The van der Waals surface area contributed by atoms with Gasteiger partial charge in [-0.2, -0.15) is 5.10 Å². The molecule has 0 atom stereocenters. The summed E-state index contributed by atoms with van der Waals surface area (Å²) in [6.45, 7) is 1.87. The summed E-state index contributed by atoms with van der Waals surface area (Å²) in [5.74, 6) is 0. The molecule has 0 spiro atoms. The number of nitrogens with zero attached hydrogens (tertiary/aromatic N) is 3. The third-order valence-corrected chi connectivity index (χ3v) is 3.17. The quantitative estimate of drug-likeness (QED) is 0.800. The molecule has 3 rings (SSSR count). The van der Waals surface area contributed by atoms with Gasteiger partial charge in [-0.3, -0.25) is 4.79 Å². The van der Waals surface area contributed by atoms with Crippen molar-refractivity contribution in [2.24, 2.45) is 0 Å². The first-order valence-corrected chi connectivity index (χ1v) is 6.55. The molecule has 0 fully saturated rings. The molecule has 2 heterocycles. The van der Waals surface area contributed by atoms with Crippen molar-refractivity contribution in [3.8, 4) is 5.69 Å². The fourth-order valence-corrected chi connectivity index (χ4v) is 2.02. The Bertz CT molecular complexity index is 814. The topological polar surface area (TPSA) is 63.6 Å². The van der Waals surface area contributed by atoms with Gasteiger partial charge in [-0.05, 0) is 36.3 Å². The molecular weight excluding hydrogens is 264 g/mol. The van der Waals surface area contributed by atoms with E-state index in [1.54, 1.807) is 12.5 Å². The molecule has 0 saturated carbocycles. The summed E-state index contributed by atoms with van der Waals surface area (Å²) in [5.41, 5.74) is 3.54. The number of aryl methyl sites for hydroxylation is 1. The van der Waals surface area contributed by atoms with Gasteiger partial charge >= 0.3 is 0 Å². The number of nitrogens with one attached hydrogen (secondary N) is 1. The third-order valence-electron chi connectivity index (χ3n) is 3.17. The van der Waals surface area contributed by atoms with Gasteiger partial charge in [0.25, 0.3) is 5.56 Å². The largest absolute Gasteiger partial charge is 0.306 e. The van der Waals surface area contributed by atoms with Crippen LogP contribution >= 0.6 is 0 Å². The maximum atomic E-state index is 11.1. The predicted octanol–water partition coefficient (Wildman–Crippen LogP) is 2.43. The number of imidazole rings is 1. The SMILES string of the molecule is Cc1cc(=O)[nH]nc1/C=C/c1ccc(-n2ccnc2)cc1. The number of rotatable bonds is 3. The second-order valence-corrected chi connectivity index (χ2v) is 4.70. The van der Waals surface area contributed by atoms with Crippen LogP contribution in [-0.4, -0.2) is 19.7 Å². The highest BCUT2D eigenvalue weighted by atomic mass is 16.1. The maximum Gasteiger partial charge on any atom is 0.264 e. The van der Waals surface area contributed by atoms with Crippen molar-refractivity contribution in [2.45, 2.75) is 6.92 Å². The number of hydrogen-bond donors (Lipinski definition) is 1. The van der Waals surface area contributed by atoms with Crippen molar-refractivity contribution in [2.75, 3.05) is 0 Å². The summed E-state index contributed by atoms with van der Waals surface area (Å²) in [7, 11) is 0. The average Bonchev–Trinajstić information content (AvgIpc) is 3.01. The zero-order valence-electron chi connectivity index (χ0n) is 11.5. The number of H-pyrrole nitrogens is 1. The van der Waals surface area contributed by atoms with E-state index < -0.39 is 0 Å². The molecule has 0 amide bonds. The molecule has 104 valence electrons. The van der Waals surface area contributed by atoms with E-state index in [9.17, 15) is 4.79 Å². The number of aromatic amines is 1. The van der Waals surface area contributed by atoms with Crippen molar-refractivity contribution < 1.29 is 0 Å². The molecule has 0 aliphatic rings. The molecule has 1 N–H and O–H groups in total. The van der Waals surface area contributed by atoms with E-state index in [-0.39, 0.29) is 5.56 Å². The van der Waals surface area contributed by atoms with E-state index in [4.69, 9.17) is 0 Å². The highest BCUT2D eigenvalue weighted by Gasteiger charge is 1.97. The molecule has 2 aromatic heterocycles. The van der Waals surface area contributed by atoms with E-state index in [2.05, 4.69) is 15.2 Å². The molecule has 1 aromatic carbocycles. The minimum atomic E-state index is -0.186. The Hall–Kier alpha value is -2.95. The van der Waals surface area contributed by atoms with E-state index >= 15 is 0 Å². The second-order valence-electron chi connectivity index (χ2n) is 4.70. The Morgan fingerprint density at radius 2 is 2.00 bits per heavy atom. The van der Waals surface area contributed by atoms with E-state index in [0.29, 0.717) is 0 Å². The van der Waals surface area contributed by atoms with Crippen LogP contribution in [0.15, 0.2) is 53.8 Å². The van der Waals surface area contributed by atoms with Crippen LogP contribution in [0.3, 0.4) is 0 Å². The van der Waals surface area contributed by atoms with Gasteiger partial charge in [-0.1, -0.05) is 18.2 Å². The van der Waals surface area contributed by atoms with Crippen molar-refractivity contribution in [3.63, 3.8) is 0 Å². The highest BCUT2D eigenvalue weighted by Crippen LogP contribution is 2.12. The van der Waals surface area contributed by atoms with E-state index in [1.165, 1.54) is 6.07 Å². The molecule has 3 aromatic rings.